The van der Waals surface area contributed by atoms with E-state index >= 15 is 0 Å². The molecule has 0 amide bonds. The van der Waals surface area contributed by atoms with Crippen LogP contribution in [0.15, 0.2) is 28.6 Å². The molecular formula is C14H20N4OS2. The second-order valence-corrected chi connectivity index (χ2v) is 6.91. The monoisotopic (exact) mass is 324 g/mol. The molecule has 2 rings (SSSR count). The maximum absolute atomic E-state index is 5.78. The number of hydrogen-bond acceptors (Lipinski definition) is 7. The van der Waals surface area contributed by atoms with E-state index in [-0.39, 0.29) is 0 Å². The van der Waals surface area contributed by atoms with Crippen LogP contribution < -0.4 is 15.4 Å². The Morgan fingerprint density at radius 1 is 1.29 bits per heavy atom. The van der Waals surface area contributed by atoms with Crippen molar-refractivity contribution >= 4 is 28.2 Å². The minimum absolute atomic E-state index is 0.503. The van der Waals surface area contributed by atoms with Crippen molar-refractivity contribution in [1.82, 2.24) is 10.2 Å². The molecule has 0 aliphatic heterocycles. The summed E-state index contributed by atoms with van der Waals surface area (Å²) in [6, 6.07) is 7.90. The van der Waals surface area contributed by atoms with Crippen LogP contribution >= 0.6 is 23.1 Å². The van der Waals surface area contributed by atoms with Gasteiger partial charge in [-0.1, -0.05) is 41.3 Å². The second-order valence-electron chi connectivity index (χ2n) is 4.61. The van der Waals surface area contributed by atoms with Gasteiger partial charge >= 0.3 is 0 Å². The van der Waals surface area contributed by atoms with Crippen LogP contribution in [-0.4, -0.2) is 36.7 Å². The summed E-state index contributed by atoms with van der Waals surface area (Å²) in [6.07, 6.45) is 0.959. The molecule has 5 nitrogen and oxygen atoms in total. The van der Waals surface area contributed by atoms with Gasteiger partial charge in [-0.2, -0.15) is 0 Å². The number of hydrogen-bond donors (Lipinski definition) is 1. The van der Waals surface area contributed by atoms with Crippen molar-refractivity contribution in [1.29, 1.82) is 0 Å². The first-order valence-corrected chi connectivity index (χ1v) is 8.55. The summed E-state index contributed by atoms with van der Waals surface area (Å²) in [7, 11) is 3.94. The topological polar surface area (TPSA) is 64.3 Å². The van der Waals surface area contributed by atoms with E-state index in [0.717, 1.165) is 33.0 Å². The highest BCUT2D eigenvalue weighted by Crippen LogP contribution is 2.27. The molecule has 1 aromatic carbocycles. The number of ether oxygens (including phenoxy) is 1. The molecule has 2 N–H and O–H groups in total. The fourth-order valence-corrected chi connectivity index (χ4v) is 3.40. The first-order chi connectivity index (χ1) is 10.2. The molecular weight excluding hydrogens is 304 g/mol. The molecule has 0 unspecified atom stereocenters. The van der Waals surface area contributed by atoms with Gasteiger partial charge in [0.25, 0.3) is 0 Å². The van der Waals surface area contributed by atoms with E-state index < -0.39 is 0 Å². The van der Waals surface area contributed by atoms with Gasteiger partial charge in [0.2, 0.25) is 5.13 Å². The van der Waals surface area contributed by atoms with Crippen molar-refractivity contribution in [3.8, 4) is 5.75 Å². The summed E-state index contributed by atoms with van der Waals surface area (Å²) < 4.78 is 6.78. The molecule has 0 bridgehead atoms. The van der Waals surface area contributed by atoms with Crippen molar-refractivity contribution < 1.29 is 4.74 Å². The molecule has 0 fully saturated rings. The average molecular weight is 324 g/mol. The van der Waals surface area contributed by atoms with E-state index in [2.05, 4.69) is 10.2 Å². The standard InChI is InChI=1S/C14H20N4OS2/c1-18(2)13-16-17-14(21-13)20-9-5-8-19-12-7-4-3-6-11(12)10-15/h3-4,6-7H,5,8-10,15H2,1-2H3. The smallest absolute Gasteiger partial charge is 0.208 e. The molecule has 1 heterocycles. The quantitative estimate of drug-likeness (QED) is 0.595. The number of thioether (sulfide) groups is 1. The predicted octanol–water partition coefficient (Wildman–Crippen LogP) is 2.62. The third-order valence-corrected chi connectivity index (χ3v) is 5.05. The van der Waals surface area contributed by atoms with Crippen molar-refractivity contribution in [2.24, 2.45) is 5.73 Å². The van der Waals surface area contributed by atoms with Crippen LogP contribution in [0.4, 0.5) is 5.13 Å². The van der Waals surface area contributed by atoms with Crippen LogP contribution in [0.3, 0.4) is 0 Å². The summed E-state index contributed by atoms with van der Waals surface area (Å²) >= 11 is 3.33. The number of para-hydroxylation sites is 1. The highest BCUT2D eigenvalue weighted by molar-refractivity contribution is 8.01. The SMILES string of the molecule is CN(C)c1nnc(SCCCOc2ccccc2CN)s1. The first-order valence-electron chi connectivity index (χ1n) is 6.75. The average Bonchev–Trinajstić information content (AvgIpc) is 2.96. The van der Waals surface area contributed by atoms with Gasteiger partial charge in [-0.05, 0) is 12.5 Å². The molecule has 0 spiro atoms. The Kier molecular flexibility index (Phi) is 6.28. The molecule has 0 aliphatic rings. The molecule has 21 heavy (non-hydrogen) atoms. The van der Waals surface area contributed by atoms with Crippen LogP contribution in [0.1, 0.15) is 12.0 Å². The van der Waals surface area contributed by atoms with Crippen LogP contribution in [0.5, 0.6) is 5.75 Å². The number of rotatable bonds is 8. The largest absolute Gasteiger partial charge is 0.493 e. The van der Waals surface area contributed by atoms with Gasteiger partial charge in [0.15, 0.2) is 4.34 Å². The lowest BCUT2D eigenvalue weighted by molar-refractivity contribution is 0.315. The van der Waals surface area contributed by atoms with Crippen molar-refractivity contribution in [3.63, 3.8) is 0 Å². The summed E-state index contributed by atoms with van der Waals surface area (Å²) in [4.78, 5) is 1.97. The first kappa shape index (κ1) is 16.1. The summed E-state index contributed by atoms with van der Waals surface area (Å²) in [5.41, 5.74) is 6.73. The maximum Gasteiger partial charge on any atom is 0.208 e. The second kappa shape index (κ2) is 8.21. The lowest BCUT2D eigenvalue weighted by Gasteiger charge is -2.09. The number of anilines is 1. The van der Waals surface area contributed by atoms with Gasteiger partial charge in [-0.15, -0.1) is 10.2 Å². The molecule has 114 valence electrons. The minimum Gasteiger partial charge on any atom is -0.493 e. The Bertz CT molecular complexity index is 559. The van der Waals surface area contributed by atoms with Gasteiger partial charge < -0.3 is 15.4 Å². The zero-order valence-corrected chi connectivity index (χ0v) is 13.9. The summed E-state index contributed by atoms with van der Waals surface area (Å²) in [6.45, 7) is 1.19. The number of benzene rings is 1. The molecule has 1 aromatic heterocycles. The molecule has 2 aromatic rings. The highest BCUT2D eigenvalue weighted by Gasteiger charge is 2.06. The van der Waals surface area contributed by atoms with Crippen molar-refractivity contribution in [3.05, 3.63) is 29.8 Å². The fraction of sp³-hybridized carbons (Fsp3) is 0.429. The molecule has 0 saturated carbocycles. The molecule has 0 aliphatic carbocycles. The Balaban J connectivity index is 1.70. The Morgan fingerprint density at radius 3 is 2.81 bits per heavy atom. The summed E-state index contributed by atoms with van der Waals surface area (Å²) in [5.74, 6) is 1.85. The van der Waals surface area contributed by atoms with E-state index in [1.807, 2.05) is 43.3 Å². The van der Waals surface area contributed by atoms with Gasteiger partial charge in [-0.25, -0.2) is 0 Å². The normalized spacial score (nSPS) is 10.6. The Morgan fingerprint density at radius 2 is 2.10 bits per heavy atom. The van der Waals surface area contributed by atoms with Gasteiger partial charge in [0.05, 0.1) is 6.61 Å². The molecule has 7 heteroatoms. The lowest BCUT2D eigenvalue weighted by atomic mass is 10.2. The highest BCUT2D eigenvalue weighted by atomic mass is 32.2. The third-order valence-electron chi connectivity index (χ3n) is 2.74. The Labute approximate surface area is 133 Å². The van der Waals surface area contributed by atoms with Crippen LogP contribution in [0.25, 0.3) is 0 Å². The van der Waals surface area contributed by atoms with Gasteiger partial charge in [0.1, 0.15) is 5.75 Å². The summed E-state index contributed by atoms with van der Waals surface area (Å²) in [5, 5.41) is 9.20. The van der Waals surface area contributed by atoms with Crippen LogP contribution in [0.2, 0.25) is 0 Å². The fourth-order valence-electron chi connectivity index (χ4n) is 1.66. The van der Waals surface area contributed by atoms with Crippen LogP contribution in [-0.2, 0) is 6.54 Å². The number of aromatic nitrogens is 2. The maximum atomic E-state index is 5.78. The van der Waals surface area contributed by atoms with Gasteiger partial charge in [0, 0.05) is 32.0 Å². The van der Waals surface area contributed by atoms with E-state index in [9.17, 15) is 0 Å². The van der Waals surface area contributed by atoms with E-state index in [4.69, 9.17) is 10.5 Å². The lowest BCUT2D eigenvalue weighted by Crippen LogP contribution is -2.07. The van der Waals surface area contributed by atoms with E-state index in [1.54, 1.807) is 23.1 Å². The minimum atomic E-state index is 0.503. The Hall–Kier alpha value is -1.31. The zero-order valence-electron chi connectivity index (χ0n) is 12.3. The number of nitrogens with two attached hydrogens (primary N) is 1. The van der Waals surface area contributed by atoms with Crippen molar-refractivity contribution in [2.45, 2.75) is 17.3 Å². The van der Waals surface area contributed by atoms with E-state index in [1.165, 1.54) is 0 Å². The van der Waals surface area contributed by atoms with E-state index in [0.29, 0.717) is 13.2 Å². The third kappa shape index (κ3) is 4.87. The predicted molar refractivity (Wildman–Crippen MR) is 89.4 cm³/mol. The van der Waals surface area contributed by atoms with Gasteiger partial charge in [-0.3, -0.25) is 0 Å². The van der Waals surface area contributed by atoms with Crippen molar-refractivity contribution in [2.75, 3.05) is 31.4 Å². The molecule has 0 radical (unpaired) electrons. The molecule has 0 saturated heterocycles. The molecule has 0 atom stereocenters. The number of nitrogens with zero attached hydrogens (tertiary/aromatic N) is 3. The zero-order chi connectivity index (χ0) is 15.1. The van der Waals surface area contributed by atoms with Crippen LogP contribution in [0, 0.1) is 0 Å².